The molecule has 0 aliphatic rings. The number of hydrogen-bond donors (Lipinski definition) is 0. The molecule has 0 aliphatic heterocycles. The molecule has 0 aromatic rings. The predicted molar refractivity (Wildman–Crippen MR) is 274 cm³/mol. The average Bonchev–Trinajstić information content (AvgIpc) is 3.29. The first-order valence-electron chi connectivity index (χ1n) is 26.6. The van der Waals surface area contributed by atoms with Crippen molar-refractivity contribution in [3.63, 3.8) is 0 Å². The molecule has 0 amide bonds. The number of unbranched alkanes of at least 4 members (excludes halogenated alkanes) is 24. The van der Waals surface area contributed by atoms with Crippen LogP contribution in [-0.2, 0) is 28.6 Å². The third-order valence-electron chi connectivity index (χ3n) is 11.2. The van der Waals surface area contributed by atoms with Crippen LogP contribution in [0.4, 0.5) is 0 Å². The van der Waals surface area contributed by atoms with Crippen molar-refractivity contribution in [2.75, 3.05) is 13.2 Å². The third kappa shape index (κ3) is 49.6. The lowest BCUT2D eigenvalue weighted by Gasteiger charge is -2.18. The van der Waals surface area contributed by atoms with Gasteiger partial charge in [-0.2, -0.15) is 0 Å². The van der Waals surface area contributed by atoms with Crippen LogP contribution in [0.2, 0.25) is 0 Å². The highest BCUT2D eigenvalue weighted by atomic mass is 16.6. The molecule has 0 fully saturated rings. The summed E-state index contributed by atoms with van der Waals surface area (Å²) in [6.07, 6.45) is 67.1. The fraction of sp³-hybridized carbons (Fsp3) is 0.707. The van der Waals surface area contributed by atoms with E-state index in [2.05, 4.69) is 106 Å². The summed E-state index contributed by atoms with van der Waals surface area (Å²) in [7, 11) is 0. The molecule has 0 saturated carbocycles. The van der Waals surface area contributed by atoms with Crippen LogP contribution in [0.3, 0.4) is 0 Å². The molecule has 1 atom stereocenters. The molecule has 366 valence electrons. The van der Waals surface area contributed by atoms with E-state index < -0.39 is 6.10 Å². The first kappa shape index (κ1) is 60.6. The number of ether oxygens (including phenoxy) is 3. The molecule has 64 heavy (non-hydrogen) atoms. The van der Waals surface area contributed by atoms with Crippen molar-refractivity contribution >= 4 is 17.9 Å². The van der Waals surface area contributed by atoms with Crippen LogP contribution in [0.15, 0.2) is 85.1 Å². The lowest BCUT2D eigenvalue weighted by molar-refractivity contribution is -0.167. The maximum absolute atomic E-state index is 12.8. The van der Waals surface area contributed by atoms with E-state index >= 15 is 0 Å². The lowest BCUT2D eigenvalue weighted by atomic mass is 10.1. The summed E-state index contributed by atoms with van der Waals surface area (Å²) in [5.74, 6) is -0.925. The van der Waals surface area contributed by atoms with E-state index in [1.807, 2.05) is 0 Å². The molecular formula is C58H98O6. The lowest BCUT2D eigenvalue weighted by Crippen LogP contribution is -2.30. The fourth-order valence-electron chi connectivity index (χ4n) is 7.20. The Labute approximate surface area is 395 Å². The van der Waals surface area contributed by atoms with Gasteiger partial charge in [-0.1, -0.05) is 228 Å². The van der Waals surface area contributed by atoms with E-state index in [1.54, 1.807) is 0 Å². The number of esters is 3. The molecule has 0 aliphatic carbocycles. The van der Waals surface area contributed by atoms with E-state index in [4.69, 9.17) is 14.2 Å². The van der Waals surface area contributed by atoms with Crippen molar-refractivity contribution < 1.29 is 28.6 Å². The summed E-state index contributed by atoms with van der Waals surface area (Å²) in [5.41, 5.74) is 0. The van der Waals surface area contributed by atoms with Crippen LogP contribution >= 0.6 is 0 Å². The van der Waals surface area contributed by atoms with Gasteiger partial charge in [0, 0.05) is 19.3 Å². The Kier molecular flexibility index (Phi) is 49.4. The zero-order valence-electron chi connectivity index (χ0n) is 41.8. The minimum atomic E-state index is -0.791. The highest BCUT2D eigenvalue weighted by Crippen LogP contribution is 2.14. The van der Waals surface area contributed by atoms with E-state index in [-0.39, 0.29) is 31.1 Å². The van der Waals surface area contributed by atoms with Crippen molar-refractivity contribution in [2.24, 2.45) is 0 Å². The number of carbonyl (C=O) groups is 3. The van der Waals surface area contributed by atoms with E-state index in [0.29, 0.717) is 19.3 Å². The Morgan fingerprint density at radius 3 is 1.08 bits per heavy atom. The minimum Gasteiger partial charge on any atom is -0.462 e. The van der Waals surface area contributed by atoms with E-state index in [1.165, 1.54) is 83.5 Å². The van der Waals surface area contributed by atoms with Crippen LogP contribution in [0, 0.1) is 0 Å². The Balaban J connectivity index is 4.39. The summed E-state index contributed by atoms with van der Waals surface area (Å²) in [6.45, 7) is 6.46. The Bertz CT molecular complexity index is 1250. The molecule has 0 spiro atoms. The SMILES string of the molecule is CC/C=C\C/C=C\C/C=C\C/C=C\CCCCCCCCC(=O)OCC(COC(=O)CCCCCCCCCCC)OC(=O)CCCCCCC\C=C/C=C\C=C/CCCCCCC. The van der Waals surface area contributed by atoms with Gasteiger partial charge in [-0.3, -0.25) is 14.4 Å². The van der Waals surface area contributed by atoms with Crippen LogP contribution in [0.25, 0.3) is 0 Å². The fourth-order valence-corrected chi connectivity index (χ4v) is 7.20. The van der Waals surface area contributed by atoms with Crippen LogP contribution in [0.1, 0.15) is 245 Å². The van der Waals surface area contributed by atoms with Crippen molar-refractivity contribution in [3.05, 3.63) is 85.1 Å². The van der Waals surface area contributed by atoms with Crippen LogP contribution in [0.5, 0.6) is 0 Å². The number of allylic oxidation sites excluding steroid dienone is 14. The van der Waals surface area contributed by atoms with Gasteiger partial charge in [0.05, 0.1) is 0 Å². The average molecular weight is 891 g/mol. The largest absolute Gasteiger partial charge is 0.462 e. The Morgan fingerprint density at radius 1 is 0.344 bits per heavy atom. The monoisotopic (exact) mass is 891 g/mol. The maximum Gasteiger partial charge on any atom is 0.306 e. The second-order valence-corrected chi connectivity index (χ2v) is 17.5. The second kappa shape index (κ2) is 52.2. The van der Waals surface area contributed by atoms with Crippen molar-refractivity contribution in [1.82, 2.24) is 0 Å². The van der Waals surface area contributed by atoms with Gasteiger partial charge in [0.25, 0.3) is 0 Å². The Morgan fingerprint density at radius 2 is 0.672 bits per heavy atom. The van der Waals surface area contributed by atoms with Crippen molar-refractivity contribution in [3.8, 4) is 0 Å². The quantitative estimate of drug-likeness (QED) is 0.0199. The van der Waals surface area contributed by atoms with Gasteiger partial charge < -0.3 is 14.2 Å². The summed E-state index contributed by atoms with van der Waals surface area (Å²) < 4.78 is 16.8. The van der Waals surface area contributed by atoms with E-state index in [9.17, 15) is 14.4 Å². The second-order valence-electron chi connectivity index (χ2n) is 17.5. The standard InChI is InChI=1S/C58H98O6/c1-4-7-10-13-16-19-21-23-25-27-29-31-32-34-36-39-42-45-48-51-57(60)63-54-55(53-62-56(59)50-47-44-41-38-18-15-12-9-6-3)64-58(61)52-49-46-43-40-37-35-33-30-28-26-24-22-20-17-14-11-8-5-2/h7,10,16,19,22-26,28-31,33,55H,4-6,8-9,11-15,17-18,20-21,27,32,34-54H2,1-3H3/b10-7-,19-16-,24-22-,25-23-,28-26-,31-29-,33-30-. The zero-order chi connectivity index (χ0) is 46.5. The van der Waals surface area contributed by atoms with Crippen molar-refractivity contribution in [2.45, 2.75) is 252 Å². The van der Waals surface area contributed by atoms with Crippen LogP contribution in [-0.4, -0.2) is 37.2 Å². The molecule has 0 radical (unpaired) electrons. The number of hydrogen-bond acceptors (Lipinski definition) is 6. The predicted octanol–water partition coefficient (Wildman–Crippen LogP) is 17.6. The van der Waals surface area contributed by atoms with Gasteiger partial charge in [-0.15, -0.1) is 0 Å². The highest BCUT2D eigenvalue weighted by molar-refractivity contribution is 5.71. The number of rotatable bonds is 47. The third-order valence-corrected chi connectivity index (χ3v) is 11.2. The smallest absolute Gasteiger partial charge is 0.306 e. The number of carbonyl (C=O) groups excluding carboxylic acids is 3. The van der Waals surface area contributed by atoms with Gasteiger partial charge in [0.15, 0.2) is 6.10 Å². The van der Waals surface area contributed by atoms with Gasteiger partial charge in [-0.05, 0) is 83.5 Å². The molecule has 6 heteroatoms. The molecule has 0 saturated heterocycles. The first-order valence-corrected chi connectivity index (χ1v) is 26.6. The van der Waals surface area contributed by atoms with Gasteiger partial charge in [0.2, 0.25) is 0 Å². The molecule has 0 N–H and O–H groups in total. The maximum atomic E-state index is 12.8. The Hall–Kier alpha value is -3.41. The molecule has 0 heterocycles. The summed E-state index contributed by atoms with van der Waals surface area (Å²) in [4.78, 5) is 37.9. The van der Waals surface area contributed by atoms with Crippen molar-refractivity contribution in [1.29, 1.82) is 0 Å². The molecule has 6 nitrogen and oxygen atoms in total. The topological polar surface area (TPSA) is 78.9 Å². The molecular weight excluding hydrogens is 793 g/mol. The molecule has 0 rings (SSSR count). The summed E-state index contributed by atoms with van der Waals surface area (Å²) in [5, 5.41) is 0. The first-order chi connectivity index (χ1) is 31.5. The molecule has 0 aromatic carbocycles. The van der Waals surface area contributed by atoms with Gasteiger partial charge in [0.1, 0.15) is 13.2 Å². The van der Waals surface area contributed by atoms with Gasteiger partial charge >= 0.3 is 17.9 Å². The minimum absolute atomic E-state index is 0.0890. The molecule has 0 bridgehead atoms. The van der Waals surface area contributed by atoms with E-state index in [0.717, 1.165) is 122 Å². The van der Waals surface area contributed by atoms with Crippen LogP contribution < -0.4 is 0 Å². The highest BCUT2D eigenvalue weighted by Gasteiger charge is 2.19. The molecule has 1 unspecified atom stereocenters. The molecule has 0 aromatic heterocycles. The van der Waals surface area contributed by atoms with Gasteiger partial charge in [-0.25, -0.2) is 0 Å². The summed E-state index contributed by atoms with van der Waals surface area (Å²) >= 11 is 0. The zero-order valence-corrected chi connectivity index (χ0v) is 41.8. The summed E-state index contributed by atoms with van der Waals surface area (Å²) in [6, 6.07) is 0. The normalized spacial score (nSPS) is 12.7.